The van der Waals surface area contributed by atoms with Crippen molar-refractivity contribution in [2.24, 2.45) is 4.99 Å². The van der Waals surface area contributed by atoms with Gasteiger partial charge in [-0.25, -0.2) is 9.79 Å². The molecule has 1 aliphatic heterocycles. The summed E-state index contributed by atoms with van der Waals surface area (Å²) in [7, 11) is 0. The van der Waals surface area contributed by atoms with Crippen LogP contribution < -0.4 is 14.9 Å². The minimum Gasteiger partial charge on any atom is -0.463 e. The van der Waals surface area contributed by atoms with E-state index in [1.165, 1.54) is 16.9 Å². The number of aromatic nitrogens is 1. The Balaban J connectivity index is 1.62. The third-order valence-electron chi connectivity index (χ3n) is 6.54. The van der Waals surface area contributed by atoms with E-state index >= 15 is 0 Å². The van der Waals surface area contributed by atoms with Crippen molar-refractivity contribution in [3.63, 3.8) is 0 Å². The molecule has 0 fully saturated rings. The maximum absolute atomic E-state index is 13.8. The van der Waals surface area contributed by atoms with Gasteiger partial charge in [0.1, 0.15) is 11.5 Å². The number of halogens is 2. The summed E-state index contributed by atoms with van der Waals surface area (Å²) in [6.45, 7) is 8.01. The molecule has 3 heterocycles. The maximum atomic E-state index is 13.8. The average Bonchev–Trinajstić information content (AvgIpc) is 3.49. The summed E-state index contributed by atoms with van der Waals surface area (Å²) in [6, 6.07) is 16.6. The van der Waals surface area contributed by atoms with Gasteiger partial charge in [-0.3, -0.25) is 9.36 Å². The van der Waals surface area contributed by atoms with Crippen LogP contribution in [0.3, 0.4) is 0 Å². The van der Waals surface area contributed by atoms with Gasteiger partial charge in [0.25, 0.3) is 5.56 Å². The van der Waals surface area contributed by atoms with Gasteiger partial charge >= 0.3 is 5.97 Å². The lowest BCUT2D eigenvalue weighted by Gasteiger charge is -2.25. The molecule has 5 rings (SSSR count). The lowest BCUT2D eigenvalue weighted by atomic mass is 9.93. The Bertz CT molecular complexity index is 1780. The van der Waals surface area contributed by atoms with Crippen LogP contribution in [0, 0.1) is 0 Å². The number of hydrogen-bond donors (Lipinski definition) is 0. The SMILES string of the molecule is CCOC(=O)C1=C(C)N=c2sc(=Cc3ccc(-c4ccc(Br)c(Cl)c4)o3)c(=O)n2[C@H]1c1ccc(C(C)C)cc1. The highest BCUT2D eigenvalue weighted by Crippen LogP contribution is 2.32. The minimum atomic E-state index is -0.652. The second kappa shape index (κ2) is 11.1. The second-order valence-electron chi connectivity index (χ2n) is 9.45. The first kappa shape index (κ1) is 27.4. The number of nitrogens with zero attached hydrogens (tertiary/aromatic N) is 2. The van der Waals surface area contributed by atoms with Crippen LogP contribution >= 0.6 is 38.9 Å². The van der Waals surface area contributed by atoms with Gasteiger partial charge in [0, 0.05) is 16.1 Å². The molecule has 0 unspecified atom stereocenters. The van der Waals surface area contributed by atoms with Gasteiger partial charge in [-0.05, 0) is 71.1 Å². The molecule has 0 saturated carbocycles. The summed E-state index contributed by atoms with van der Waals surface area (Å²) >= 11 is 10.9. The molecular formula is C30H26BrClN2O4S. The molecule has 0 spiro atoms. The van der Waals surface area contributed by atoms with E-state index in [1.54, 1.807) is 30.6 Å². The predicted octanol–water partition coefficient (Wildman–Crippen LogP) is 6.60. The van der Waals surface area contributed by atoms with Crippen LogP contribution in [0.15, 0.2) is 84.5 Å². The summed E-state index contributed by atoms with van der Waals surface area (Å²) in [4.78, 5) is 32.0. The standard InChI is InChI=1S/C30H26BrClN2O4S/c1-5-37-29(36)26-17(4)33-30-34(27(26)19-8-6-18(7-9-19)16(2)3)28(35)25(39-30)15-21-11-13-24(38-21)20-10-12-22(31)23(32)14-20/h6-16,27H,5H2,1-4H3/t27-/m0/s1. The van der Waals surface area contributed by atoms with Crippen molar-refractivity contribution in [1.29, 1.82) is 0 Å². The fourth-order valence-electron chi connectivity index (χ4n) is 4.53. The number of fused-ring (bicyclic) bond motifs is 1. The molecule has 2 aromatic carbocycles. The number of allylic oxidation sites excluding steroid dienone is 1. The Hall–Kier alpha value is -3.20. The van der Waals surface area contributed by atoms with Crippen LogP contribution in [0.4, 0.5) is 0 Å². The van der Waals surface area contributed by atoms with Crippen LogP contribution in [-0.4, -0.2) is 17.1 Å². The lowest BCUT2D eigenvalue weighted by Crippen LogP contribution is -2.39. The van der Waals surface area contributed by atoms with Crippen molar-refractivity contribution in [3.8, 4) is 11.3 Å². The van der Waals surface area contributed by atoms with E-state index in [0.29, 0.717) is 43.1 Å². The molecule has 0 bridgehead atoms. The summed E-state index contributed by atoms with van der Waals surface area (Å²) in [5.74, 6) is 1.03. The first-order chi connectivity index (χ1) is 18.7. The Kier molecular flexibility index (Phi) is 7.80. The highest BCUT2D eigenvalue weighted by Gasteiger charge is 2.33. The van der Waals surface area contributed by atoms with Gasteiger partial charge < -0.3 is 9.15 Å². The first-order valence-electron chi connectivity index (χ1n) is 12.5. The minimum absolute atomic E-state index is 0.226. The van der Waals surface area contributed by atoms with Crippen LogP contribution in [0.25, 0.3) is 17.4 Å². The molecule has 4 aromatic rings. The van der Waals surface area contributed by atoms with Crippen LogP contribution in [0.1, 0.15) is 56.5 Å². The van der Waals surface area contributed by atoms with Crippen molar-refractivity contribution in [2.45, 2.75) is 39.7 Å². The molecule has 6 nitrogen and oxygen atoms in total. The fraction of sp³-hybridized carbons (Fsp3) is 0.233. The molecule has 200 valence electrons. The number of furan rings is 1. The number of carbonyl (C=O) groups is 1. The second-order valence-corrected chi connectivity index (χ2v) is 11.7. The molecule has 2 aromatic heterocycles. The number of esters is 1. The quantitative estimate of drug-likeness (QED) is 0.227. The number of rotatable bonds is 6. The van der Waals surface area contributed by atoms with Crippen molar-refractivity contribution in [1.82, 2.24) is 4.57 Å². The zero-order valence-electron chi connectivity index (χ0n) is 21.8. The summed E-state index contributed by atoms with van der Waals surface area (Å²) in [5, 5.41) is 0.577. The van der Waals surface area contributed by atoms with Crippen molar-refractivity contribution < 1.29 is 13.9 Å². The van der Waals surface area contributed by atoms with Crippen LogP contribution in [-0.2, 0) is 9.53 Å². The van der Waals surface area contributed by atoms with Gasteiger partial charge in [0.2, 0.25) is 0 Å². The van der Waals surface area contributed by atoms with E-state index < -0.39 is 12.0 Å². The third kappa shape index (κ3) is 5.33. The topological polar surface area (TPSA) is 73.8 Å². The van der Waals surface area contributed by atoms with Crippen molar-refractivity contribution >= 4 is 50.9 Å². The molecule has 0 N–H and O–H groups in total. The van der Waals surface area contributed by atoms with Crippen molar-refractivity contribution in [3.05, 3.63) is 112 Å². The van der Waals surface area contributed by atoms with Gasteiger partial charge in [0.15, 0.2) is 4.80 Å². The number of thiazole rings is 1. The van der Waals surface area contributed by atoms with Crippen LogP contribution in [0.5, 0.6) is 0 Å². The molecule has 1 atom stereocenters. The van der Waals surface area contributed by atoms with Crippen molar-refractivity contribution in [2.75, 3.05) is 6.61 Å². The first-order valence-corrected chi connectivity index (χ1v) is 14.5. The normalized spacial score (nSPS) is 15.5. The van der Waals surface area contributed by atoms with E-state index in [9.17, 15) is 9.59 Å². The van der Waals surface area contributed by atoms with Gasteiger partial charge in [-0.1, -0.05) is 67.1 Å². The fourth-order valence-corrected chi connectivity index (χ4v) is 5.99. The van der Waals surface area contributed by atoms with Crippen LogP contribution in [0.2, 0.25) is 5.02 Å². The molecule has 9 heteroatoms. The predicted molar refractivity (Wildman–Crippen MR) is 158 cm³/mol. The molecule has 0 saturated heterocycles. The van der Waals surface area contributed by atoms with E-state index in [-0.39, 0.29) is 12.2 Å². The zero-order chi connectivity index (χ0) is 27.8. The Morgan fingerprint density at radius 2 is 1.95 bits per heavy atom. The molecule has 0 amide bonds. The number of hydrogen-bond acceptors (Lipinski definition) is 6. The molecule has 1 aliphatic rings. The van der Waals surface area contributed by atoms with E-state index in [1.807, 2.05) is 48.5 Å². The maximum Gasteiger partial charge on any atom is 0.338 e. The monoisotopic (exact) mass is 624 g/mol. The molecule has 0 aliphatic carbocycles. The Morgan fingerprint density at radius 1 is 1.21 bits per heavy atom. The number of ether oxygens (including phenoxy) is 1. The highest BCUT2D eigenvalue weighted by molar-refractivity contribution is 9.10. The average molecular weight is 626 g/mol. The Labute approximate surface area is 243 Å². The number of benzene rings is 2. The smallest absolute Gasteiger partial charge is 0.338 e. The van der Waals surface area contributed by atoms with E-state index in [2.05, 4.69) is 34.8 Å². The molecule has 0 radical (unpaired) electrons. The highest BCUT2D eigenvalue weighted by atomic mass is 79.9. The van der Waals surface area contributed by atoms with E-state index in [4.69, 9.17) is 20.8 Å². The largest absolute Gasteiger partial charge is 0.463 e. The lowest BCUT2D eigenvalue weighted by molar-refractivity contribution is -0.139. The summed E-state index contributed by atoms with van der Waals surface area (Å²) in [5.41, 5.74) is 3.45. The zero-order valence-corrected chi connectivity index (χ0v) is 25.0. The summed E-state index contributed by atoms with van der Waals surface area (Å²) < 4.78 is 14.2. The number of carbonyl (C=O) groups excluding carboxylic acids is 1. The molecule has 39 heavy (non-hydrogen) atoms. The molecular weight excluding hydrogens is 600 g/mol. The van der Waals surface area contributed by atoms with E-state index in [0.717, 1.165) is 15.6 Å². The summed E-state index contributed by atoms with van der Waals surface area (Å²) in [6.07, 6.45) is 1.70. The van der Waals surface area contributed by atoms with Gasteiger partial charge in [-0.15, -0.1) is 0 Å². The van der Waals surface area contributed by atoms with Gasteiger partial charge in [-0.2, -0.15) is 0 Å². The van der Waals surface area contributed by atoms with Gasteiger partial charge in [0.05, 0.1) is 33.5 Å². The Morgan fingerprint density at radius 3 is 2.62 bits per heavy atom. The third-order valence-corrected chi connectivity index (χ3v) is 8.76.